The third-order valence-corrected chi connectivity index (χ3v) is 2.84. The first-order valence-corrected chi connectivity index (χ1v) is 4.91. The molecule has 0 spiro atoms. The molecule has 0 heterocycles. The Balaban J connectivity index is 2.89. The van der Waals surface area contributed by atoms with Gasteiger partial charge in [-0.25, -0.2) is 4.39 Å². The summed E-state index contributed by atoms with van der Waals surface area (Å²) in [6.07, 6.45) is 0.346. The lowest BCUT2D eigenvalue weighted by Crippen LogP contribution is -2.20. The highest BCUT2D eigenvalue weighted by Gasteiger charge is 2.26. The minimum Gasteiger partial charge on any atom is -0.388 e. The first kappa shape index (κ1) is 11.2. The van der Waals surface area contributed by atoms with E-state index in [1.165, 1.54) is 12.1 Å². The number of benzene rings is 1. The first-order chi connectivity index (χ1) is 6.47. The SMILES string of the molecule is CCC(C)(C)C(O)c1ccc(F)cc1. The Morgan fingerprint density at radius 2 is 1.79 bits per heavy atom. The van der Waals surface area contributed by atoms with E-state index in [2.05, 4.69) is 0 Å². The van der Waals surface area contributed by atoms with E-state index in [0.29, 0.717) is 0 Å². The van der Waals surface area contributed by atoms with Crippen LogP contribution in [-0.4, -0.2) is 5.11 Å². The van der Waals surface area contributed by atoms with Crippen LogP contribution in [0.25, 0.3) is 0 Å². The summed E-state index contributed by atoms with van der Waals surface area (Å²) in [6, 6.07) is 6.03. The molecule has 0 saturated carbocycles. The molecule has 14 heavy (non-hydrogen) atoms. The van der Waals surface area contributed by atoms with Gasteiger partial charge < -0.3 is 5.11 Å². The zero-order valence-corrected chi connectivity index (χ0v) is 8.92. The molecule has 0 aliphatic heterocycles. The van der Waals surface area contributed by atoms with Crippen LogP contribution in [0.1, 0.15) is 38.9 Å². The van der Waals surface area contributed by atoms with Gasteiger partial charge in [-0.05, 0) is 29.5 Å². The van der Waals surface area contributed by atoms with Crippen molar-refractivity contribution in [3.63, 3.8) is 0 Å². The molecule has 0 bridgehead atoms. The van der Waals surface area contributed by atoms with Crippen molar-refractivity contribution in [1.82, 2.24) is 0 Å². The van der Waals surface area contributed by atoms with Crippen LogP contribution < -0.4 is 0 Å². The number of aliphatic hydroxyl groups is 1. The average Bonchev–Trinajstić information content (AvgIpc) is 2.18. The van der Waals surface area contributed by atoms with Crippen LogP contribution in [0.15, 0.2) is 24.3 Å². The van der Waals surface area contributed by atoms with Crippen molar-refractivity contribution >= 4 is 0 Å². The molecule has 78 valence electrons. The van der Waals surface area contributed by atoms with Crippen molar-refractivity contribution in [2.45, 2.75) is 33.3 Å². The van der Waals surface area contributed by atoms with Crippen LogP contribution in [0, 0.1) is 11.2 Å². The van der Waals surface area contributed by atoms with Crippen LogP contribution in [-0.2, 0) is 0 Å². The normalized spacial score (nSPS) is 14.1. The Morgan fingerprint density at radius 3 is 2.21 bits per heavy atom. The lowest BCUT2D eigenvalue weighted by atomic mass is 9.80. The quantitative estimate of drug-likeness (QED) is 0.786. The molecule has 0 fully saturated rings. The maximum Gasteiger partial charge on any atom is 0.123 e. The van der Waals surface area contributed by atoms with Crippen molar-refractivity contribution in [2.24, 2.45) is 5.41 Å². The standard InChI is InChI=1S/C12H17FO/c1-4-12(2,3)11(14)9-5-7-10(13)8-6-9/h5-8,11,14H,4H2,1-3H3. The van der Waals surface area contributed by atoms with Crippen LogP contribution in [0.3, 0.4) is 0 Å². The summed E-state index contributed by atoms with van der Waals surface area (Å²) in [5.41, 5.74) is 0.607. The van der Waals surface area contributed by atoms with Gasteiger partial charge in [0.05, 0.1) is 6.10 Å². The van der Waals surface area contributed by atoms with Crippen molar-refractivity contribution in [1.29, 1.82) is 0 Å². The van der Waals surface area contributed by atoms with Crippen molar-refractivity contribution in [3.8, 4) is 0 Å². The highest BCUT2D eigenvalue weighted by molar-refractivity contribution is 5.20. The Hall–Kier alpha value is -0.890. The smallest absolute Gasteiger partial charge is 0.123 e. The van der Waals surface area contributed by atoms with Gasteiger partial charge in [0.1, 0.15) is 5.82 Å². The Morgan fingerprint density at radius 1 is 1.29 bits per heavy atom. The molecule has 1 aromatic carbocycles. The van der Waals surface area contributed by atoms with E-state index in [4.69, 9.17) is 0 Å². The fourth-order valence-corrected chi connectivity index (χ4v) is 1.29. The van der Waals surface area contributed by atoms with Gasteiger partial charge >= 0.3 is 0 Å². The predicted molar refractivity (Wildman–Crippen MR) is 55.4 cm³/mol. The highest BCUT2D eigenvalue weighted by atomic mass is 19.1. The minimum absolute atomic E-state index is 0.169. The zero-order chi connectivity index (χ0) is 10.8. The van der Waals surface area contributed by atoms with Gasteiger partial charge in [0.2, 0.25) is 0 Å². The second-order valence-electron chi connectivity index (χ2n) is 4.30. The van der Waals surface area contributed by atoms with Gasteiger partial charge in [0.25, 0.3) is 0 Å². The molecule has 0 aliphatic rings. The number of hydrogen-bond acceptors (Lipinski definition) is 1. The van der Waals surface area contributed by atoms with E-state index in [0.717, 1.165) is 12.0 Å². The van der Waals surface area contributed by atoms with E-state index >= 15 is 0 Å². The second kappa shape index (κ2) is 4.09. The summed E-state index contributed by atoms with van der Waals surface area (Å²) in [4.78, 5) is 0. The lowest BCUT2D eigenvalue weighted by Gasteiger charge is -2.29. The summed E-state index contributed by atoms with van der Waals surface area (Å²) in [5, 5.41) is 10.0. The first-order valence-electron chi connectivity index (χ1n) is 4.91. The molecule has 0 saturated heterocycles. The van der Waals surface area contributed by atoms with Crippen LogP contribution in [0.4, 0.5) is 4.39 Å². The predicted octanol–water partition coefficient (Wildman–Crippen LogP) is 3.30. The Kier molecular flexibility index (Phi) is 3.27. The molecule has 1 N–H and O–H groups in total. The van der Waals surface area contributed by atoms with Crippen molar-refractivity contribution in [2.75, 3.05) is 0 Å². The zero-order valence-electron chi connectivity index (χ0n) is 8.92. The molecule has 0 radical (unpaired) electrons. The minimum atomic E-state index is -0.534. The summed E-state index contributed by atoms with van der Waals surface area (Å²) < 4.78 is 12.6. The fraction of sp³-hybridized carbons (Fsp3) is 0.500. The molecule has 1 aromatic rings. The molecule has 1 nitrogen and oxygen atoms in total. The van der Waals surface area contributed by atoms with Gasteiger partial charge in [-0.15, -0.1) is 0 Å². The second-order valence-corrected chi connectivity index (χ2v) is 4.30. The summed E-state index contributed by atoms with van der Waals surface area (Å²) in [6.45, 7) is 6.04. The fourth-order valence-electron chi connectivity index (χ4n) is 1.29. The van der Waals surface area contributed by atoms with Crippen molar-refractivity contribution < 1.29 is 9.50 Å². The number of aliphatic hydroxyl groups excluding tert-OH is 1. The molecule has 0 aliphatic carbocycles. The van der Waals surface area contributed by atoms with Gasteiger partial charge in [-0.1, -0.05) is 32.9 Å². The molecule has 2 heteroatoms. The number of hydrogen-bond donors (Lipinski definition) is 1. The van der Waals surface area contributed by atoms with E-state index in [1.54, 1.807) is 12.1 Å². The van der Waals surface area contributed by atoms with Crippen LogP contribution in [0.5, 0.6) is 0 Å². The van der Waals surface area contributed by atoms with Crippen molar-refractivity contribution in [3.05, 3.63) is 35.6 Å². The largest absolute Gasteiger partial charge is 0.388 e. The highest BCUT2D eigenvalue weighted by Crippen LogP contribution is 2.35. The molecular weight excluding hydrogens is 179 g/mol. The Bertz CT molecular complexity index is 290. The molecule has 0 amide bonds. The number of halogens is 1. The van der Waals surface area contributed by atoms with Gasteiger partial charge in [0, 0.05) is 0 Å². The van der Waals surface area contributed by atoms with Gasteiger partial charge in [-0.3, -0.25) is 0 Å². The molecular formula is C12H17FO. The Labute approximate surface area is 84.6 Å². The molecule has 1 rings (SSSR count). The molecule has 1 atom stereocenters. The third kappa shape index (κ3) is 2.32. The lowest BCUT2D eigenvalue weighted by molar-refractivity contribution is 0.0465. The van der Waals surface area contributed by atoms with Crippen LogP contribution in [0.2, 0.25) is 0 Å². The summed E-state index contributed by atoms with van der Waals surface area (Å²) >= 11 is 0. The molecule has 1 unspecified atom stereocenters. The monoisotopic (exact) mass is 196 g/mol. The maximum absolute atomic E-state index is 12.6. The van der Waals surface area contributed by atoms with Crippen LogP contribution >= 0.6 is 0 Å². The third-order valence-electron chi connectivity index (χ3n) is 2.84. The summed E-state index contributed by atoms with van der Waals surface area (Å²) in [7, 11) is 0. The molecule has 0 aromatic heterocycles. The van der Waals surface area contributed by atoms with E-state index in [1.807, 2.05) is 20.8 Å². The van der Waals surface area contributed by atoms with E-state index in [9.17, 15) is 9.50 Å². The number of rotatable bonds is 3. The average molecular weight is 196 g/mol. The maximum atomic E-state index is 12.6. The van der Waals surface area contributed by atoms with E-state index < -0.39 is 6.10 Å². The van der Waals surface area contributed by atoms with Gasteiger partial charge in [-0.2, -0.15) is 0 Å². The van der Waals surface area contributed by atoms with Gasteiger partial charge in [0.15, 0.2) is 0 Å². The topological polar surface area (TPSA) is 20.2 Å². The summed E-state index contributed by atoms with van der Waals surface area (Å²) in [5.74, 6) is -0.268. The van der Waals surface area contributed by atoms with E-state index in [-0.39, 0.29) is 11.2 Å².